The van der Waals surface area contributed by atoms with Crippen LogP contribution in [-0.4, -0.2) is 27.0 Å². The summed E-state index contributed by atoms with van der Waals surface area (Å²) in [6, 6.07) is 0. The molecule has 0 bridgehead atoms. The summed E-state index contributed by atoms with van der Waals surface area (Å²) < 4.78 is 29.4. The van der Waals surface area contributed by atoms with Crippen molar-refractivity contribution >= 4 is 10.2 Å². The topological polar surface area (TPSA) is 84.2 Å². The Hall–Kier alpha value is -0.170. The van der Waals surface area contributed by atoms with Crippen molar-refractivity contribution in [3.05, 3.63) is 0 Å². The Morgan fingerprint density at radius 2 is 2.11 bits per heavy atom. The van der Waals surface area contributed by atoms with Crippen LogP contribution in [0.15, 0.2) is 0 Å². The van der Waals surface area contributed by atoms with E-state index >= 15 is 0 Å². The molecule has 0 aliphatic heterocycles. The molecule has 1 saturated carbocycles. The third-order valence-electron chi connectivity index (χ3n) is 3.51. The summed E-state index contributed by atoms with van der Waals surface area (Å²) in [4.78, 5) is 0. The van der Waals surface area contributed by atoms with Gasteiger partial charge in [0, 0.05) is 18.6 Å². The predicted octanol–water partition coefficient (Wildman–Crippen LogP) is 0.974. The fraction of sp³-hybridized carbons (Fsp3) is 1.00. The van der Waals surface area contributed by atoms with Crippen LogP contribution in [-0.2, 0) is 10.2 Å². The van der Waals surface area contributed by atoms with Crippen LogP contribution in [0, 0.1) is 11.8 Å². The first-order chi connectivity index (χ1) is 8.29. The minimum Gasteiger partial charge on any atom is -0.329 e. The first-order valence-corrected chi connectivity index (χ1v) is 8.25. The Morgan fingerprint density at radius 3 is 2.61 bits per heavy atom. The van der Waals surface area contributed by atoms with E-state index in [1.54, 1.807) is 0 Å². The van der Waals surface area contributed by atoms with Crippen molar-refractivity contribution in [1.82, 2.24) is 9.44 Å². The van der Waals surface area contributed by atoms with Crippen LogP contribution >= 0.6 is 0 Å². The molecule has 5 nitrogen and oxygen atoms in total. The van der Waals surface area contributed by atoms with E-state index in [1.165, 1.54) is 0 Å². The molecule has 0 aromatic carbocycles. The van der Waals surface area contributed by atoms with Gasteiger partial charge in [0.25, 0.3) is 10.2 Å². The Labute approximate surface area is 111 Å². The highest BCUT2D eigenvalue weighted by molar-refractivity contribution is 7.87. The van der Waals surface area contributed by atoms with Gasteiger partial charge in [0.2, 0.25) is 0 Å². The highest BCUT2D eigenvalue weighted by Gasteiger charge is 2.37. The van der Waals surface area contributed by atoms with Crippen molar-refractivity contribution in [2.75, 3.05) is 13.1 Å². The SMILES string of the molecule is CC(C)CNS(=O)(=O)NC1(CN)CCCC(C)C1. The molecule has 1 fully saturated rings. The molecule has 2 atom stereocenters. The first kappa shape index (κ1) is 15.9. The van der Waals surface area contributed by atoms with Crippen LogP contribution in [0.2, 0.25) is 0 Å². The van der Waals surface area contributed by atoms with Gasteiger partial charge in [-0.05, 0) is 24.7 Å². The van der Waals surface area contributed by atoms with Gasteiger partial charge >= 0.3 is 0 Å². The molecule has 18 heavy (non-hydrogen) atoms. The van der Waals surface area contributed by atoms with E-state index in [-0.39, 0.29) is 0 Å². The maximum absolute atomic E-state index is 12.0. The molecule has 2 unspecified atom stereocenters. The van der Waals surface area contributed by atoms with E-state index in [0.29, 0.717) is 24.9 Å². The Balaban J connectivity index is 2.66. The maximum atomic E-state index is 12.0. The molecule has 0 heterocycles. The minimum absolute atomic E-state index is 0.292. The van der Waals surface area contributed by atoms with Gasteiger partial charge in [-0.2, -0.15) is 13.1 Å². The molecule has 0 spiro atoms. The summed E-state index contributed by atoms with van der Waals surface area (Å²) in [5.74, 6) is 0.816. The third-order valence-corrected chi connectivity index (χ3v) is 4.76. The summed E-state index contributed by atoms with van der Waals surface area (Å²) in [5, 5.41) is 0. The lowest BCUT2D eigenvalue weighted by Crippen LogP contribution is -2.58. The lowest BCUT2D eigenvalue weighted by Gasteiger charge is -2.39. The molecule has 4 N–H and O–H groups in total. The molecule has 0 saturated heterocycles. The fourth-order valence-electron chi connectivity index (χ4n) is 2.58. The summed E-state index contributed by atoms with van der Waals surface area (Å²) in [5.41, 5.74) is 5.35. The van der Waals surface area contributed by atoms with Crippen LogP contribution in [0.5, 0.6) is 0 Å². The van der Waals surface area contributed by atoms with Gasteiger partial charge in [0.15, 0.2) is 0 Å². The van der Waals surface area contributed by atoms with E-state index in [2.05, 4.69) is 16.4 Å². The van der Waals surface area contributed by atoms with Crippen molar-refractivity contribution in [1.29, 1.82) is 0 Å². The Kier molecular flexibility index (Phi) is 5.58. The summed E-state index contributed by atoms with van der Waals surface area (Å²) in [6.45, 7) is 6.92. The highest BCUT2D eigenvalue weighted by atomic mass is 32.2. The second-order valence-electron chi connectivity index (χ2n) is 6.03. The molecule has 1 aliphatic carbocycles. The first-order valence-electron chi connectivity index (χ1n) is 6.77. The maximum Gasteiger partial charge on any atom is 0.277 e. The number of hydrogen-bond donors (Lipinski definition) is 3. The summed E-state index contributed by atoms with van der Waals surface area (Å²) >= 11 is 0. The van der Waals surface area contributed by atoms with Crippen LogP contribution in [0.25, 0.3) is 0 Å². The smallest absolute Gasteiger partial charge is 0.277 e. The van der Waals surface area contributed by atoms with Crippen LogP contribution < -0.4 is 15.2 Å². The van der Waals surface area contributed by atoms with Crippen molar-refractivity contribution in [3.63, 3.8) is 0 Å². The van der Waals surface area contributed by atoms with E-state index in [9.17, 15) is 8.42 Å². The average Bonchev–Trinajstić information content (AvgIpc) is 2.26. The fourth-order valence-corrected chi connectivity index (χ4v) is 4.04. The molecule has 0 radical (unpaired) electrons. The molecule has 0 aromatic rings. The van der Waals surface area contributed by atoms with Gasteiger partial charge in [0.05, 0.1) is 0 Å². The average molecular weight is 277 g/mol. The molecule has 0 amide bonds. The van der Waals surface area contributed by atoms with Crippen molar-refractivity contribution in [3.8, 4) is 0 Å². The van der Waals surface area contributed by atoms with E-state index in [0.717, 1.165) is 25.7 Å². The number of rotatable bonds is 6. The highest BCUT2D eigenvalue weighted by Crippen LogP contribution is 2.31. The quantitative estimate of drug-likeness (QED) is 0.676. The molecule has 6 heteroatoms. The zero-order valence-electron chi connectivity index (χ0n) is 11.7. The monoisotopic (exact) mass is 277 g/mol. The second kappa shape index (κ2) is 6.32. The van der Waals surface area contributed by atoms with Crippen LogP contribution in [0.3, 0.4) is 0 Å². The molecular weight excluding hydrogens is 250 g/mol. The lowest BCUT2D eigenvalue weighted by molar-refractivity contribution is 0.222. The molecular formula is C12H27N3O2S. The van der Waals surface area contributed by atoms with Gasteiger partial charge in [-0.25, -0.2) is 4.72 Å². The van der Waals surface area contributed by atoms with Gasteiger partial charge < -0.3 is 5.73 Å². The van der Waals surface area contributed by atoms with Crippen LogP contribution in [0.1, 0.15) is 46.5 Å². The van der Waals surface area contributed by atoms with Gasteiger partial charge in [-0.1, -0.05) is 33.6 Å². The zero-order valence-corrected chi connectivity index (χ0v) is 12.5. The lowest BCUT2D eigenvalue weighted by atomic mass is 9.77. The second-order valence-corrected chi connectivity index (χ2v) is 7.53. The van der Waals surface area contributed by atoms with Crippen LogP contribution in [0.4, 0.5) is 0 Å². The zero-order chi connectivity index (χ0) is 13.8. The number of hydrogen-bond acceptors (Lipinski definition) is 3. The van der Waals surface area contributed by atoms with E-state index in [1.807, 2.05) is 13.8 Å². The predicted molar refractivity (Wildman–Crippen MR) is 74.3 cm³/mol. The van der Waals surface area contributed by atoms with Gasteiger partial charge in [-0.3, -0.25) is 0 Å². The summed E-state index contributed by atoms with van der Waals surface area (Å²) in [7, 11) is -3.45. The van der Waals surface area contributed by atoms with Crippen molar-refractivity contribution in [2.24, 2.45) is 17.6 Å². The van der Waals surface area contributed by atoms with Gasteiger partial charge in [-0.15, -0.1) is 0 Å². The molecule has 108 valence electrons. The third kappa shape index (κ3) is 4.84. The molecule has 1 rings (SSSR count). The molecule has 0 aromatic heterocycles. The van der Waals surface area contributed by atoms with E-state index in [4.69, 9.17) is 5.73 Å². The number of nitrogens with two attached hydrogens (primary N) is 1. The number of nitrogens with one attached hydrogen (secondary N) is 2. The largest absolute Gasteiger partial charge is 0.329 e. The van der Waals surface area contributed by atoms with Crippen molar-refractivity contribution in [2.45, 2.75) is 52.0 Å². The normalized spacial score (nSPS) is 29.7. The Morgan fingerprint density at radius 1 is 1.44 bits per heavy atom. The van der Waals surface area contributed by atoms with Gasteiger partial charge in [0.1, 0.15) is 0 Å². The standard InChI is InChI=1S/C12H27N3O2S/c1-10(2)8-14-18(16,17)15-12(9-13)6-4-5-11(3)7-12/h10-11,14-15H,4-9,13H2,1-3H3. The minimum atomic E-state index is -3.45. The summed E-state index contributed by atoms with van der Waals surface area (Å²) in [6.07, 6.45) is 3.84. The van der Waals surface area contributed by atoms with Crippen molar-refractivity contribution < 1.29 is 8.42 Å². The van der Waals surface area contributed by atoms with E-state index < -0.39 is 15.7 Å². The Bertz CT molecular complexity index is 356. The molecule has 1 aliphatic rings.